The molecule has 0 bridgehead atoms. The molecule has 2 aliphatic rings. The highest BCUT2D eigenvalue weighted by atomic mass is 32.1. The molecule has 2 heterocycles. The van der Waals surface area contributed by atoms with Crippen LogP contribution in [-0.2, 0) is 4.79 Å². The molecule has 1 aliphatic heterocycles. The molecule has 27 heavy (non-hydrogen) atoms. The van der Waals surface area contributed by atoms with Gasteiger partial charge in [0.15, 0.2) is 0 Å². The normalized spacial score (nSPS) is 21.4. The number of nitrogens with zero attached hydrogens (tertiary/aromatic N) is 2. The standard InChI is InChI=1S/C21H33N3O2S/c1-23(18-9-3-2-4-10-18)13-7-12-22-20(25)17-8-5-14-24(16-17)21(26)19-11-6-15-27-19/h6,11,15,17-18H,2-5,7-10,12-14,16H2,1H3,(H,22,25). The van der Waals surface area contributed by atoms with Crippen LogP contribution in [0.15, 0.2) is 17.5 Å². The van der Waals surface area contributed by atoms with Crippen molar-refractivity contribution in [1.82, 2.24) is 15.1 Å². The van der Waals surface area contributed by atoms with Crippen LogP contribution in [0.25, 0.3) is 0 Å². The number of carbonyl (C=O) groups excluding carboxylic acids is 2. The van der Waals surface area contributed by atoms with Crippen LogP contribution in [0.5, 0.6) is 0 Å². The van der Waals surface area contributed by atoms with Crippen molar-refractivity contribution < 1.29 is 9.59 Å². The summed E-state index contributed by atoms with van der Waals surface area (Å²) < 4.78 is 0. The van der Waals surface area contributed by atoms with Crippen molar-refractivity contribution in [2.75, 3.05) is 33.2 Å². The number of rotatable bonds is 7. The van der Waals surface area contributed by atoms with Crippen molar-refractivity contribution in [3.63, 3.8) is 0 Å². The topological polar surface area (TPSA) is 52.7 Å². The lowest BCUT2D eigenvalue weighted by molar-refractivity contribution is -0.126. The number of likely N-dealkylation sites (tertiary alicyclic amines) is 1. The lowest BCUT2D eigenvalue weighted by atomic mass is 9.94. The second-order valence-electron chi connectivity index (χ2n) is 7.98. The fourth-order valence-electron chi connectivity index (χ4n) is 4.32. The quantitative estimate of drug-likeness (QED) is 0.725. The summed E-state index contributed by atoms with van der Waals surface area (Å²) in [4.78, 5) is 30.1. The third kappa shape index (κ3) is 5.79. The number of hydrogen-bond acceptors (Lipinski definition) is 4. The molecule has 2 amide bonds. The smallest absolute Gasteiger partial charge is 0.263 e. The zero-order valence-electron chi connectivity index (χ0n) is 16.5. The second kappa shape index (κ2) is 10.2. The molecule has 150 valence electrons. The Labute approximate surface area is 167 Å². The summed E-state index contributed by atoms with van der Waals surface area (Å²) in [6.45, 7) is 3.07. The molecule has 1 aliphatic carbocycles. The van der Waals surface area contributed by atoms with Gasteiger partial charge in [0.25, 0.3) is 5.91 Å². The van der Waals surface area contributed by atoms with Crippen LogP contribution in [0.4, 0.5) is 0 Å². The number of hydrogen-bond donors (Lipinski definition) is 1. The van der Waals surface area contributed by atoms with Gasteiger partial charge in [0.2, 0.25) is 5.91 Å². The van der Waals surface area contributed by atoms with Crippen LogP contribution in [0, 0.1) is 5.92 Å². The fraction of sp³-hybridized carbons (Fsp3) is 0.714. The first-order chi connectivity index (χ1) is 13.1. The SMILES string of the molecule is CN(CCCNC(=O)C1CCCN(C(=O)c2cccs2)C1)C1CCCCC1. The molecule has 3 rings (SSSR count). The molecule has 6 heteroatoms. The summed E-state index contributed by atoms with van der Waals surface area (Å²) in [6, 6.07) is 4.49. The van der Waals surface area contributed by atoms with Gasteiger partial charge in [-0.05, 0) is 57.1 Å². The summed E-state index contributed by atoms with van der Waals surface area (Å²) in [5.41, 5.74) is 0. The average molecular weight is 392 g/mol. The Morgan fingerprint density at radius 2 is 2.04 bits per heavy atom. The minimum Gasteiger partial charge on any atom is -0.356 e. The molecule has 1 aromatic rings. The van der Waals surface area contributed by atoms with Gasteiger partial charge in [-0.3, -0.25) is 9.59 Å². The van der Waals surface area contributed by atoms with Crippen LogP contribution < -0.4 is 5.32 Å². The summed E-state index contributed by atoms with van der Waals surface area (Å²) in [5, 5.41) is 5.03. The van der Waals surface area contributed by atoms with Crippen molar-refractivity contribution in [2.24, 2.45) is 5.92 Å². The number of carbonyl (C=O) groups is 2. The Bertz CT molecular complexity index is 599. The first-order valence-electron chi connectivity index (χ1n) is 10.5. The maximum absolute atomic E-state index is 12.5. The maximum atomic E-state index is 12.5. The van der Waals surface area contributed by atoms with Gasteiger partial charge in [-0.15, -0.1) is 11.3 Å². The van der Waals surface area contributed by atoms with E-state index in [1.807, 2.05) is 22.4 Å². The molecule has 0 aromatic carbocycles. The Kier molecular flexibility index (Phi) is 7.70. The number of piperidine rings is 1. The largest absolute Gasteiger partial charge is 0.356 e. The van der Waals surface area contributed by atoms with Crippen LogP contribution in [-0.4, -0.2) is 60.9 Å². The highest BCUT2D eigenvalue weighted by Gasteiger charge is 2.29. The summed E-state index contributed by atoms with van der Waals surface area (Å²) in [5.74, 6) is 0.106. The van der Waals surface area contributed by atoms with Crippen molar-refractivity contribution in [3.8, 4) is 0 Å². The summed E-state index contributed by atoms with van der Waals surface area (Å²) in [7, 11) is 2.22. The van der Waals surface area contributed by atoms with Gasteiger partial charge in [0, 0.05) is 25.7 Å². The van der Waals surface area contributed by atoms with Gasteiger partial charge in [0.1, 0.15) is 0 Å². The highest BCUT2D eigenvalue weighted by Crippen LogP contribution is 2.22. The van der Waals surface area contributed by atoms with Gasteiger partial charge in [-0.25, -0.2) is 0 Å². The monoisotopic (exact) mass is 391 g/mol. The minimum absolute atomic E-state index is 0.0663. The Hall–Kier alpha value is -1.40. The molecule has 5 nitrogen and oxygen atoms in total. The predicted octanol–water partition coefficient (Wildman–Crippen LogP) is 3.37. The van der Waals surface area contributed by atoms with E-state index in [2.05, 4.69) is 17.3 Å². The average Bonchev–Trinajstić information content (AvgIpc) is 3.26. The van der Waals surface area contributed by atoms with E-state index in [1.165, 1.54) is 43.4 Å². The molecular weight excluding hydrogens is 358 g/mol. The van der Waals surface area contributed by atoms with Gasteiger partial charge in [-0.2, -0.15) is 0 Å². The lowest BCUT2D eigenvalue weighted by Crippen LogP contribution is -2.45. The number of thiophene rings is 1. The van der Waals surface area contributed by atoms with Crippen LogP contribution in [0.2, 0.25) is 0 Å². The van der Waals surface area contributed by atoms with Gasteiger partial charge in [0.05, 0.1) is 10.8 Å². The molecule has 0 radical (unpaired) electrons. The van der Waals surface area contributed by atoms with Gasteiger partial charge >= 0.3 is 0 Å². The first kappa shape index (κ1) is 20.3. The molecule has 1 saturated carbocycles. The third-order valence-corrected chi connectivity index (χ3v) is 6.85. The van der Waals surface area contributed by atoms with E-state index >= 15 is 0 Å². The van der Waals surface area contributed by atoms with E-state index in [-0.39, 0.29) is 17.7 Å². The maximum Gasteiger partial charge on any atom is 0.263 e. The van der Waals surface area contributed by atoms with Crippen molar-refractivity contribution in [1.29, 1.82) is 0 Å². The van der Waals surface area contributed by atoms with Gasteiger partial charge in [-0.1, -0.05) is 25.3 Å². The number of nitrogens with one attached hydrogen (secondary N) is 1. The number of amides is 2. The van der Waals surface area contributed by atoms with Crippen molar-refractivity contribution >= 4 is 23.2 Å². The van der Waals surface area contributed by atoms with E-state index in [0.717, 1.165) is 49.8 Å². The van der Waals surface area contributed by atoms with Crippen molar-refractivity contribution in [2.45, 2.75) is 57.4 Å². The molecule has 0 spiro atoms. The lowest BCUT2D eigenvalue weighted by Gasteiger charge is -2.32. The Balaban J connectivity index is 1.37. The minimum atomic E-state index is -0.0706. The Morgan fingerprint density at radius 1 is 1.22 bits per heavy atom. The Morgan fingerprint density at radius 3 is 2.78 bits per heavy atom. The fourth-order valence-corrected chi connectivity index (χ4v) is 5.01. The zero-order chi connectivity index (χ0) is 19.1. The molecule has 2 fully saturated rings. The van der Waals surface area contributed by atoms with Crippen LogP contribution in [0.1, 0.15) is 61.0 Å². The molecule has 1 unspecified atom stereocenters. The summed E-state index contributed by atoms with van der Waals surface area (Å²) >= 11 is 1.47. The molecule has 1 N–H and O–H groups in total. The van der Waals surface area contributed by atoms with Crippen LogP contribution >= 0.6 is 11.3 Å². The van der Waals surface area contributed by atoms with E-state index in [0.29, 0.717) is 6.54 Å². The second-order valence-corrected chi connectivity index (χ2v) is 8.93. The molecule has 1 aromatic heterocycles. The third-order valence-electron chi connectivity index (χ3n) is 6.00. The van der Waals surface area contributed by atoms with Gasteiger partial charge < -0.3 is 15.1 Å². The molecule has 1 saturated heterocycles. The molecule has 1 atom stereocenters. The zero-order valence-corrected chi connectivity index (χ0v) is 17.3. The molecular formula is C21H33N3O2S. The van der Waals surface area contributed by atoms with E-state index in [1.54, 1.807) is 0 Å². The first-order valence-corrected chi connectivity index (χ1v) is 11.3. The summed E-state index contributed by atoms with van der Waals surface area (Å²) in [6.07, 6.45) is 9.50. The van der Waals surface area contributed by atoms with E-state index in [9.17, 15) is 9.59 Å². The van der Waals surface area contributed by atoms with E-state index in [4.69, 9.17) is 0 Å². The van der Waals surface area contributed by atoms with Crippen molar-refractivity contribution in [3.05, 3.63) is 22.4 Å². The van der Waals surface area contributed by atoms with E-state index < -0.39 is 0 Å². The predicted molar refractivity (Wildman–Crippen MR) is 110 cm³/mol. The highest BCUT2D eigenvalue weighted by molar-refractivity contribution is 7.12. The van der Waals surface area contributed by atoms with Crippen LogP contribution in [0.3, 0.4) is 0 Å².